The zero-order valence-electron chi connectivity index (χ0n) is 11.0. The molecule has 0 aliphatic heterocycles. The lowest BCUT2D eigenvalue weighted by molar-refractivity contribution is -0.123. The minimum absolute atomic E-state index is 0.0756. The van der Waals surface area contributed by atoms with Gasteiger partial charge in [-0.15, -0.1) is 11.3 Å². The number of carbonyl (C=O) groups is 1. The molecule has 5 heteroatoms. The third-order valence-corrected chi connectivity index (χ3v) is 4.83. The largest absolute Gasteiger partial charge is 0.467 e. The second kappa shape index (κ2) is 5.42. The van der Waals surface area contributed by atoms with Gasteiger partial charge >= 0.3 is 0 Å². The first kappa shape index (κ1) is 13.4. The minimum atomic E-state index is -0.665. The van der Waals surface area contributed by atoms with Crippen LogP contribution < -0.4 is 5.32 Å². The molecule has 2 heterocycles. The number of hydrogen-bond donors (Lipinski definition) is 2. The second-order valence-electron chi connectivity index (χ2n) is 5.14. The Morgan fingerprint density at radius 1 is 1.45 bits per heavy atom. The number of carbonyl (C=O) groups excluding carboxylic acids is 1. The summed E-state index contributed by atoms with van der Waals surface area (Å²) < 4.78 is 5.13. The van der Waals surface area contributed by atoms with Crippen LogP contribution in [-0.4, -0.2) is 17.6 Å². The average molecular weight is 291 g/mol. The Hall–Kier alpha value is -1.59. The van der Waals surface area contributed by atoms with E-state index >= 15 is 0 Å². The molecule has 1 amide bonds. The summed E-state index contributed by atoms with van der Waals surface area (Å²) >= 11 is 1.63. The highest BCUT2D eigenvalue weighted by Crippen LogP contribution is 2.50. The smallest absolute Gasteiger partial charge is 0.231 e. The molecule has 0 saturated heterocycles. The summed E-state index contributed by atoms with van der Waals surface area (Å²) in [5.74, 6) is 0.616. The van der Waals surface area contributed by atoms with E-state index in [1.165, 1.54) is 6.26 Å². The van der Waals surface area contributed by atoms with Crippen molar-refractivity contribution in [2.75, 3.05) is 6.54 Å². The zero-order valence-corrected chi connectivity index (χ0v) is 11.9. The molecule has 4 nitrogen and oxygen atoms in total. The summed E-state index contributed by atoms with van der Waals surface area (Å²) in [4.78, 5) is 13.4. The van der Waals surface area contributed by atoms with Crippen LogP contribution in [0.25, 0.3) is 0 Å². The van der Waals surface area contributed by atoms with E-state index in [1.807, 2.05) is 17.5 Å². The molecule has 3 rings (SSSR count). The Morgan fingerprint density at radius 2 is 2.30 bits per heavy atom. The normalized spacial score (nSPS) is 17.6. The Labute approximate surface area is 121 Å². The summed E-state index contributed by atoms with van der Waals surface area (Å²) in [6, 6.07) is 7.48. The summed E-state index contributed by atoms with van der Waals surface area (Å²) in [6.07, 6.45) is 3.16. The highest BCUT2D eigenvalue weighted by Gasteiger charge is 2.51. The molecule has 106 valence electrons. The van der Waals surface area contributed by atoms with E-state index in [2.05, 4.69) is 5.32 Å². The monoisotopic (exact) mass is 291 g/mol. The van der Waals surface area contributed by atoms with E-state index in [4.69, 9.17) is 4.42 Å². The van der Waals surface area contributed by atoms with E-state index in [0.29, 0.717) is 18.7 Å². The van der Waals surface area contributed by atoms with Crippen molar-refractivity contribution in [2.45, 2.75) is 30.8 Å². The number of hydrogen-bond acceptors (Lipinski definition) is 4. The fourth-order valence-corrected chi connectivity index (χ4v) is 3.36. The molecule has 1 unspecified atom stereocenters. The lowest BCUT2D eigenvalue weighted by Crippen LogP contribution is -2.35. The van der Waals surface area contributed by atoms with E-state index in [0.717, 1.165) is 17.7 Å². The first-order chi connectivity index (χ1) is 9.72. The highest BCUT2D eigenvalue weighted by atomic mass is 32.1. The van der Waals surface area contributed by atoms with Crippen molar-refractivity contribution >= 4 is 17.2 Å². The average Bonchev–Trinajstić information content (AvgIpc) is 2.90. The molecule has 1 aliphatic carbocycles. The Kier molecular flexibility index (Phi) is 3.63. The van der Waals surface area contributed by atoms with Gasteiger partial charge in [0.05, 0.1) is 11.7 Å². The van der Waals surface area contributed by atoms with E-state index < -0.39 is 6.10 Å². The van der Waals surface area contributed by atoms with Crippen LogP contribution in [0, 0.1) is 0 Å². The minimum Gasteiger partial charge on any atom is -0.467 e. The number of aliphatic hydroxyl groups excluding tert-OH is 1. The number of furan rings is 1. The van der Waals surface area contributed by atoms with Gasteiger partial charge in [0, 0.05) is 11.4 Å². The molecule has 1 atom stereocenters. The number of nitrogens with one attached hydrogen (secondary N) is 1. The first-order valence-corrected chi connectivity index (χ1v) is 7.64. The third-order valence-electron chi connectivity index (χ3n) is 3.75. The van der Waals surface area contributed by atoms with Crippen LogP contribution in [-0.2, 0) is 10.2 Å². The maximum atomic E-state index is 12.3. The number of rotatable bonds is 6. The molecule has 1 aliphatic rings. The van der Waals surface area contributed by atoms with Crippen LogP contribution in [0.1, 0.15) is 36.0 Å². The maximum Gasteiger partial charge on any atom is 0.231 e. The predicted octanol–water partition coefficient (Wildman–Crippen LogP) is 2.61. The van der Waals surface area contributed by atoms with Crippen molar-refractivity contribution < 1.29 is 14.3 Å². The van der Waals surface area contributed by atoms with Crippen molar-refractivity contribution in [3.8, 4) is 0 Å². The van der Waals surface area contributed by atoms with Gasteiger partial charge in [0.1, 0.15) is 11.9 Å². The fraction of sp³-hybridized carbons (Fsp3) is 0.400. The van der Waals surface area contributed by atoms with E-state index in [-0.39, 0.29) is 11.3 Å². The Morgan fingerprint density at radius 3 is 2.90 bits per heavy atom. The molecular formula is C15H17NO3S. The summed E-state index contributed by atoms with van der Waals surface area (Å²) in [5, 5.41) is 14.8. The van der Waals surface area contributed by atoms with E-state index in [9.17, 15) is 9.90 Å². The summed E-state index contributed by atoms with van der Waals surface area (Å²) in [7, 11) is 0. The molecule has 2 aromatic rings. The van der Waals surface area contributed by atoms with Crippen LogP contribution in [0.15, 0.2) is 40.3 Å². The molecule has 0 radical (unpaired) electrons. The highest BCUT2D eigenvalue weighted by molar-refractivity contribution is 7.10. The SMILES string of the molecule is O=C(NCCC(O)c1ccco1)C1(c2cccs2)CC1. The molecule has 0 aromatic carbocycles. The van der Waals surface area contributed by atoms with Crippen molar-refractivity contribution in [1.29, 1.82) is 0 Å². The topological polar surface area (TPSA) is 62.5 Å². The number of amides is 1. The molecule has 1 saturated carbocycles. The quantitative estimate of drug-likeness (QED) is 0.860. The van der Waals surface area contributed by atoms with Crippen molar-refractivity contribution in [3.05, 3.63) is 46.5 Å². The predicted molar refractivity (Wildman–Crippen MR) is 76.5 cm³/mol. The maximum absolute atomic E-state index is 12.3. The van der Waals surface area contributed by atoms with Gasteiger partial charge in [0.2, 0.25) is 5.91 Å². The third kappa shape index (κ3) is 2.51. The van der Waals surface area contributed by atoms with Gasteiger partial charge in [0.15, 0.2) is 0 Å². The molecule has 0 bridgehead atoms. The van der Waals surface area contributed by atoms with Crippen LogP contribution in [0.4, 0.5) is 0 Å². The summed E-state index contributed by atoms with van der Waals surface area (Å²) in [5.41, 5.74) is -0.302. The van der Waals surface area contributed by atoms with Gasteiger partial charge in [-0.2, -0.15) is 0 Å². The first-order valence-electron chi connectivity index (χ1n) is 6.76. The van der Waals surface area contributed by atoms with E-state index in [1.54, 1.807) is 23.5 Å². The molecule has 2 N–H and O–H groups in total. The van der Waals surface area contributed by atoms with Gasteiger partial charge in [-0.05, 0) is 42.8 Å². The molecular weight excluding hydrogens is 274 g/mol. The van der Waals surface area contributed by atoms with Crippen LogP contribution in [0.2, 0.25) is 0 Å². The lowest BCUT2D eigenvalue weighted by Gasteiger charge is -2.14. The molecule has 20 heavy (non-hydrogen) atoms. The Balaban J connectivity index is 1.51. The van der Waals surface area contributed by atoms with Gasteiger partial charge in [0.25, 0.3) is 0 Å². The number of aliphatic hydroxyl groups is 1. The fourth-order valence-electron chi connectivity index (χ4n) is 2.38. The van der Waals surface area contributed by atoms with Gasteiger partial charge in [-0.3, -0.25) is 4.79 Å². The van der Waals surface area contributed by atoms with Crippen molar-refractivity contribution in [2.24, 2.45) is 0 Å². The number of thiophene rings is 1. The van der Waals surface area contributed by atoms with Crippen molar-refractivity contribution in [3.63, 3.8) is 0 Å². The van der Waals surface area contributed by atoms with Crippen LogP contribution >= 0.6 is 11.3 Å². The standard InChI is InChI=1S/C15H17NO3S/c17-11(12-3-1-9-19-12)5-8-16-14(18)15(6-7-15)13-4-2-10-20-13/h1-4,9-11,17H,5-8H2,(H,16,18). The van der Waals surface area contributed by atoms with Crippen LogP contribution in [0.5, 0.6) is 0 Å². The van der Waals surface area contributed by atoms with Gasteiger partial charge in [-0.25, -0.2) is 0 Å². The molecule has 0 spiro atoms. The van der Waals surface area contributed by atoms with Crippen LogP contribution in [0.3, 0.4) is 0 Å². The van der Waals surface area contributed by atoms with Gasteiger partial charge < -0.3 is 14.8 Å². The second-order valence-corrected chi connectivity index (χ2v) is 6.08. The van der Waals surface area contributed by atoms with Crippen molar-refractivity contribution in [1.82, 2.24) is 5.32 Å². The van der Waals surface area contributed by atoms with Gasteiger partial charge in [-0.1, -0.05) is 6.07 Å². The molecule has 2 aromatic heterocycles. The Bertz CT molecular complexity index is 558. The zero-order chi connectivity index (χ0) is 14.0. The summed E-state index contributed by atoms with van der Waals surface area (Å²) in [6.45, 7) is 0.452. The lowest BCUT2D eigenvalue weighted by atomic mass is 10.0. The molecule has 1 fully saturated rings.